The van der Waals surface area contributed by atoms with Crippen molar-refractivity contribution < 1.29 is 9.90 Å². The van der Waals surface area contributed by atoms with E-state index in [1.165, 1.54) is 0 Å². The van der Waals surface area contributed by atoms with E-state index in [0.29, 0.717) is 17.6 Å². The van der Waals surface area contributed by atoms with E-state index in [-0.39, 0.29) is 12.3 Å². The molecule has 0 aliphatic carbocycles. The number of carboxylic acids is 1. The van der Waals surface area contributed by atoms with E-state index in [1.807, 2.05) is 26.0 Å². The van der Waals surface area contributed by atoms with Gasteiger partial charge in [0.25, 0.3) is 0 Å². The van der Waals surface area contributed by atoms with Gasteiger partial charge in [-0.1, -0.05) is 37.6 Å². The second kappa shape index (κ2) is 6.62. The molecule has 3 nitrogen and oxygen atoms in total. The first-order valence-corrected chi connectivity index (χ1v) is 6.07. The van der Waals surface area contributed by atoms with Crippen LogP contribution in [0.25, 0.3) is 0 Å². The second-order valence-corrected chi connectivity index (χ2v) is 4.85. The summed E-state index contributed by atoms with van der Waals surface area (Å²) >= 11 is 5.82. The number of nitrogens with one attached hydrogen (secondary N) is 1. The van der Waals surface area contributed by atoms with E-state index >= 15 is 0 Å². The fourth-order valence-electron chi connectivity index (χ4n) is 1.63. The maximum absolute atomic E-state index is 10.8. The Morgan fingerprint density at radius 1 is 1.35 bits per heavy atom. The average molecular weight is 256 g/mol. The summed E-state index contributed by atoms with van der Waals surface area (Å²) in [5.74, 6) is -0.803. The van der Waals surface area contributed by atoms with Crippen LogP contribution in [0.15, 0.2) is 24.3 Å². The van der Waals surface area contributed by atoms with Crippen LogP contribution in [0.5, 0.6) is 0 Å². The molecule has 1 aromatic rings. The van der Waals surface area contributed by atoms with Crippen molar-refractivity contribution in [1.29, 1.82) is 0 Å². The molecule has 0 aliphatic rings. The smallest absolute Gasteiger partial charge is 0.304 e. The Bertz CT molecular complexity index is 362. The van der Waals surface area contributed by atoms with E-state index in [1.54, 1.807) is 12.1 Å². The van der Waals surface area contributed by atoms with E-state index in [0.717, 1.165) is 5.56 Å². The van der Waals surface area contributed by atoms with Gasteiger partial charge in [0, 0.05) is 23.5 Å². The molecular formula is C13H18ClNO2. The van der Waals surface area contributed by atoms with Gasteiger partial charge in [-0.25, -0.2) is 0 Å². The van der Waals surface area contributed by atoms with Gasteiger partial charge in [0.15, 0.2) is 0 Å². The highest BCUT2D eigenvalue weighted by atomic mass is 35.5. The molecule has 0 heterocycles. The van der Waals surface area contributed by atoms with Gasteiger partial charge in [-0.2, -0.15) is 0 Å². The maximum Gasteiger partial charge on any atom is 0.304 e. The molecule has 0 fully saturated rings. The first kappa shape index (κ1) is 14.0. The number of hydrogen-bond acceptors (Lipinski definition) is 2. The summed E-state index contributed by atoms with van der Waals surface area (Å²) < 4.78 is 0. The van der Waals surface area contributed by atoms with Crippen molar-refractivity contribution in [2.45, 2.75) is 32.2 Å². The first-order valence-electron chi connectivity index (χ1n) is 5.69. The summed E-state index contributed by atoms with van der Waals surface area (Å²) in [4.78, 5) is 10.8. The third-order valence-corrected chi connectivity index (χ3v) is 2.79. The minimum absolute atomic E-state index is 0.0211. The van der Waals surface area contributed by atoms with Crippen LogP contribution < -0.4 is 5.32 Å². The van der Waals surface area contributed by atoms with Crippen LogP contribution in [0.4, 0.5) is 0 Å². The largest absolute Gasteiger partial charge is 0.481 e. The van der Waals surface area contributed by atoms with Crippen LogP contribution in [-0.4, -0.2) is 23.7 Å². The van der Waals surface area contributed by atoms with Crippen molar-refractivity contribution >= 4 is 17.6 Å². The van der Waals surface area contributed by atoms with Gasteiger partial charge in [-0.3, -0.25) is 4.79 Å². The Hall–Kier alpha value is -1.06. The number of rotatable bonds is 6. The molecule has 1 rings (SSSR count). The highest BCUT2D eigenvalue weighted by Gasteiger charge is 2.15. The molecule has 4 heteroatoms. The number of hydrogen-bond donors (Lipinski definition) is 2. The van der Waals surface area contributed by atoms with Gasteiger partial charge in [0.1, 0.15) is 0 Å². The molecule has 0 bridgehead atoms. The predicted octanol–water partition coefficient (Wildman–Crippen LogP) is 2.90. The van der Waals surface area contributed by atoms with Crippen LogP contribution in [0.2, 0.25) is 5.02 Å². The Morgan fingerprint density at radius 2 is 1.94 bits per heavy atom. The minimum Gasteiger partial charge on any atom is -0.481 e. The number of carbonyl (C=O) groups is 1. The third kappa shape index (κ3) is 5.20. The number of benzene rings is 1. The van der Waals surface area contributed by atoms with Crippen molar-refractivity contribution in [3.05, 3.63) is 34.9 Å². The standard InChI is InChI=1S/C13H18ClNO2/c1-9(2)15-8-11(7-13(16)17)10-3-5-12(14)6-4-10/h3-6,9,11,15H,7-8H2,1-2H3,(H,16,17). The Labute approximate surface area is 107 Å². The zero-order valence-corrected chi connectivity index (χ0v) is 10.9. The fourth-order valence-corrected chi connectivity index (χ4v) is 1.76. The molecule has 0 aromatic heterocycles. The lowest BCUT2D eigenvalue weighted by Gasteiger charge is -2.18. The quantitative estimate of drug-likeness (QED) is 0.822. The molecule has 0 spiro atoms. The van der Waals surface area contributed by atoms with Crippen molar-refractivity contribution in [3.63, 3.8) is 0 Å². The second-order valence-electron chi connectivity index (χ2n) is 4.41. The minimum atomic E-state index is -0.782. The zero-order valence-electron chi connectivity index (χ0n) is 10.1. The number of carboxylic acid groups (broad SMARTS) is 1. The highest BCUT2D eigenvalue weighted by Crippen LogP contribution is 2.21. The SMILES string of the molecule is CC(C)NCC(CC(=O)O)c1ccc(Cl)cc1. The molecule has 0 saturated carbocycles. The van der Waals surface area contributed by atoms with Crippen molar-refractivity contribution in [1.82, 2.24) is 5.32 Å². The summed E-state index contributed by atoms with van der Waals surface area (Å²) in [5.41, 5.74) is 1.00. The number of aliphatic carboxylic acids is 1. The lowest BCUT2D eigenvalue weighted by Crippen LogP contribution is -2.29. The summed E-state index contributed by atoms with van der Waals surface area (Å²) in [7, 11) is 0. The predicted molar refractivity (Wildman–Crippen MR) is 69.6 cm³/mol. The average Bonchev–Trinajstić information content (AvgIpc) is 2.25. The summed E-state index contributed by atoms with van der Waals surface area (Å²) in [6.07, 6.45) is 0.126. The monoisotopic (exact) mass is 255 g/mol. The molecule has 1 atom stereocenters. The van der Waals surface area contributed by atoms with Crippen LogP contribution in [0.1, 0.15) is 31.7 Å². The van der Waals surface area contributed by atoms with Gasteiger partial charge in [0.05, 0.1) is 6.42 Å². The Balaban J connectivity index is 2.74. The maximum atomic E-state index is 10.8. The van der Waals surface area contributed by atoms with E-state index in [9.17, 15) is 4.79 Å². The lowest BCUT2D eigenvalue weighted by atomic mass is 9.95. The molecule has 94 valence electrons. The van der Waals surface area contributed by atoms with E-state index in [4.69, 9.17) is 16.7 Å². The molecule has 0 radical (unpaired) electrons. The highest BCUT2D eigenvalue weighted by molar-refractivity contribution is 6.30. The lowest BCUT2D eigenvalue weighted by molar-refractivity contribution is -0.137. The van der Waals surface area contributed by atoms with Crippen molar-refractivity contribution in [2.24, 2.45) is 0 Å². The third-order valence-electron chi connectivity index (χ3n) is 2.53. The van der Waals surface area contributed by atoms with E-state index in [2.05, 4.69) is 5.32 Å². The Kier molecular flexibility index (Phi) is 5.45. The van der Waals surface area contributed by atoms with Gasteiger partial charge < -0.3 is 10.4 Å². The molecular weight excluding hydrogens is 238 g/mol. The zero-order chi connectivity index (χ0) is 12.8. The molecule has 0 aliphatic heterocycles. The molecule has 0 saturated heterocycles. The topological polar surface area (TPSA) is 49.3 Å². The van der Waals surface area contributed by atoms with Crippen molar-refractivity contribution in [2.75, 3.05) is 6.54 Å². The van der Waals surface area contributed by atoms with Gasteiger partial charge >= 0.3 is 5.97 Å². The Morgan fingerprint density at radius 3 is 2.41 bits per heavy atom. The fraction of sp³-hybridized carbons (Fsp3) is 0.462. The van der Waals surface area contributed by atoms with Crippen LogP contribution in [0, 0.1) is 0 Å². The van der Waals surface area contributed by atoms with Crippen LogP contribution >= 0.6 is 11.6 Å². The van der Waals surface area contributed by atoms with Gasteiger partial charge in [-0.05, 0) is 17.7 Å². The molecule has 1 aromatic carbocycles. The molecule has 17 heavy (non-hydrogen) atoms. The normalized spacial score (nSPS) is 12.7. The molecule has 2 N–H and O–H groups in total. The molecule has 0 amide bonds. The van der Waals surface area contributed by atoms with Gasteiger partial charge in [-0.15, -0.1) is 0 Å². The van der Waals surface area contributed by atoms with E-state index < -0.39 is 5.97 Å². The molecule has 1 unspecified atom stereocenters. The van der Waals surface area contributed by atoms with Crippen LogP contribution in [-0.2, 0) is 4.79 Å². The van der Waals surface area contributed by atoms with Crippen LogP contribution in [0.3, 0.4) is 0 Å². The number of halogens is 1. The summed E-state index contributed by atoms with van der Waals surface area (Å²) in [5, 5.41) is 12.8. The van der Waals surface area contributed by atoms with Crippen molar-refractivity contribution in [3.8, 4) is 0 Å². The van der Waals surface area contributed by atoms with Gasteiger partial charge in [0.2, 0.25) is 0 Å². The first-order chi connectivity index (χ1) is 7.99. The summed E-state index contributed by atoms with van der Waals surface area (Å²) in [6.45, 7) is 4.74. The summed E-state index contributed by atoms with van der Waals surface area (Å²) in [6, 6.07) is 7.71.